The van der Waals surface area contributed by atoms with E-state index in [2.05, 4.69) is 242 Å². The summed E-state index contributed by atoms with van der Waals surface area (Å²) in [6.07, 6.45) is 4.34. The summed E-state index contributed by atoms with van der Waals surface area (Å²) in [5.41, 5.74) is 11.6. The summed E-state index contributed by atoms with van der Waals surface area (Å²) in [5, 5.41) is 4.36. The van der Waals surface area contributed by atoms with Gasteiger partial charge in [-0.2, -0.15) is 0 Å². The summed E-state index contributed by atoms with van der Waals surface area (Å²) in [7, 11) is 3.50. The van der Waals surface area contributed by atoms with Crippen molar-refractivity contribution in [2.24, 2.45) is 0 Å². The molecule has 10 aromatic rings. The van der Waals surface area contributed by atoms with Crippen LogP contribution >= 0.6 is 0 Å². The van der Waals surface area contributed by atoms with Crippen LogP contribution < -0.4 is 14.2 Å². The van der Waals surface area contributed by atoms with E-state index in [4.69, 9.17) is 23.7 Å². The van der Waals surface area contributed by atoms with Gasteiger partial charge in [0.25, 0.3) is 0 Å². The fourth-order valence-electron chi connectivity index (χ4n) is 11.8. The summed E-state index contributed by atoms with van der Waals surface area (Å²) in [5.74, 6) is 16.5. The summed E-state index contributed by atoms with van der Waals surface area (Å²) in [4.78, 5) is 0. The second-order valence-corrected chi connectivity index (χ2v) is 19.2. The lowest BCUT2D eigenvalue weighted by atomic mass is 9.63. The Balaban J connectivity index is 0.963. The molecule has 0 N–H and O–H groups in total. The quantitative estimate of drug-likeness (QED) is 0.114. The van der Waals surface area contributed by atoms with E-state index in [-0.39, 0.29) is 0 Å². The SMILES string of the molecule is CC#CCOc1ccc2cc(C3(c4ccc(Oc5ccc(C6(c7ccc8cc(OCC#CC)ccc8c7)c7ccccc7C=C(OC)c7ccccc76)cc5)cc4)c4ccccc4C=C(OC)c4ccccc43)ccc2c1. The lowest BCUT2D eigenvalue weighted by Gasteiger charge is -2.38. The Bertz CT molecular complexity index is 3820. The van der Waals surface area contributed by atoms with Crippen molar-refractivity contribution in [2.45, 2.75) is 24.7 Å². The number of fused-ring (bicyclic) bond motifs is 6. The maximum atomic E-state index is 6.84. The molecule has 0 saturated carbocycles. The van der Waals surface area contributed by atoms with Crippen molar-refractivity contribution in [3.05, 3.63) is 285 Å². The van der Waals surface area contributed by atoms with E-state index < -0.39 is 10.8 Å². The molecule has 0 aromatic heterocycles. The van der Waals surface area contributed by atoms with Crippen molar-refractivity contribution < 1.29 is 23.7 Å². The van der Waals surface area contributed by atoms with Crippen molar-refractivity contribution >= 4 is 45.2 Å². The van der Waals surface area contributed by atoms with Crippen LogP contribution in [0.2, 0.25) is 0 Å². The van der Waals surface area contributed by atoms with Gasteiger partial charge in [0.05, 0.1) is 25.0 Å². The number of hydrogen-bond acceptors (Lipinski definition) is 5. The number of methoxy groups -OCH3 is 2. The topological polar surface area (TPSA) is 46.2 Å². The molecule has 2 unspecified atom stereocenters. The summed E-state index contributed by atoms with van der Waals surface area (Å²) in [6, 6.07) is 77.8. The molecule has 0 radical (unpaired) electrons. The first-order chi connectivity index (χ1) is 38.0. The summed E-state index contributed by atoms with van der Waals surface area (Å²) in [6.45, 7) is 4.33. The first-order valence-electron chi connectivity index (χ1n) is 25.9. The molecule has 77 heavy (non-hydrogen) atoms. The van der Waals surface area contributed by atoms with Crippen LogP contribution in [0.3, 0.4) is 0 Å². The van der Waals surface area contributed by atoms with Crippen LogP contribution in [0.25, 0.3) is 45.2 Å². The molecule has 0 fully saturated rings. The van der Waals surface area contributed by atoms with Gasteiger partial charge in [-0.25, -0.2) is 0 Å². The van der Waals surface area contributed by atoms with Crippen LogP contribution in [0, 0.1) is 23.7 Å². The molecule has 0 heterocycles. The number of hydrogen-bond donors (Lipinski definition) is 0. The number of rotatable bonds is 12. The Morgan fingerprint density at radius 1 is 0.351 bits per heavy atom. The zero-order chi connectivity index (χ0) is 52.3. The van der Waals surface area contributed by atoms with Crippen LogP contribution in [0.1, 0.15) is 80.6 Å². The molecule has 0 saturated heterocycles. The van der Waals surface area contributed by atoms with Crippen molar-refractivity contribution in [1.29, 1.82) is 0 Å². The minimum absolute atomic E-state index is 0.343. The van der Waals surface area contributed by atoms with Gasteiger partial charge in [0.2, 0.25) is 0 Å². The zero-order valence-electron chi connectivity index (χ0n) is 43.4. The maximum Gasteiger partial charge on any atom is 0.149 e. The average molecular weight is 999 g/mol. The summed E-state index contributed by atoms with van der Waals surface area (Å²) >= 11 is 0. The van der Waals surface area contributed by atoms with Gasteiger partial charge in [0.15, 0.2) is 0 Å². The molecule has 0 bridgehead atoms. The van der Waals surface area contributed by atoms with E-state index in [1.165, 1.54) is 0 Å². The third kappa shape index (κ3) is 8.44. The van der Waals surface area contributed by atoms with E-state index in [1.54, 1.807) is 14.2 Å². The molecule has 2 atom stereocenters. The van der Waals surface area contributed by atoms with Crippen molar-refractivity contribution in [3.8, 4) is 46.7 Å². The third-order valence-corrected chi connectivity index (χ3v) is 15.2. The fraction of sp³-hybridized carbons (Fsp3) is 0.111. The van der Waals surface area contributed by atoms with E-state index in [0.29, 0.717) is 13.2 Å². The van der Waals surface area contributed by atoms with Gasteiger partial charge in [-0.1, -0.05) is 170 Å². The van der Waals surface area contributed by atoms with Gasteiger partial charge < -0.3 is 23.7 Å². The van der Waals surface area contributed by atoms with Crippen molar-refractivity contribution in [3.63, 3.8) is 0 Å². The minimum Gasteiger partial charge on any atom is -0.496 e. The van der Waals surface area contributed by atoms with Crippen LogP contribution in [-0.2, 0) is 20.3 Å². The van der Waals surface area contributed by atoms with Crippen molar-refractivity contribution in [2.75, 3.05) is 27.4 Å². The van der Waals surface area contributed by atoms with Crippen LogP contribution in [0.4, 0.5) is 0 Å². The highest BCUT2D eigenvalue weighted by molar-refractivity contribution is 5.91. The second-order valence-electron chi connectivity index (χ2n) is 19.2. The van der Waals surface area contributed by atoms with Gasteiger partial charge in [0, 0.05) is 11.1 Å². The van der Waals surface area contributed by atoms with Gasteiger partial charge in [0.1, 0.15) is 47.7 Å². The highest BCUT2D eigenvalue weighted by atomic mass is 16.5. The molecule has 12 rings (SSSR count). The molecule has 10 aromatic carbocycles. The molecule has 0 aliphatic heterocycles. The number of ether oxygens (including phenoxy) is 5. The first kappa shape index (κ1) is 48.3. The van der Waals surface area contributed by atoms with Gasteiger partial charge >= 0.3 is 0 Å². The lowest BCUT2D eigenvalue weighted by Crippen LogP contribution is -2.32. The minimum atomic E-state index is -0.760. The molecular formula is C72H54O5. The Morgan fingerprint density at radius 2 is 0.701 bits per heavy atom. The molecule has 5 heteroatoms. The molecule has 2 aliphatic carbocycles. The van der Waals surface area contributed by atoms with Crippen LogP contribution in [-0.4, -0.2) is 27.4 Å². The predicted molar refractivity (Wildman–Crippen MR) is 312 cm³/mol. The highest BCUT2D eigenvalue weighted by Crippen LogP contribution is 2.54. The Morgan fingerprint density at radius 3 is 1.12 bits per heavy atom. The molecule has 372 valence electrons. The monoisotopic (exact) mass is 998 g/mol. The molecule has 5 nitrogen and oxygen atoms in total. The zero-order valence-corrected chi connectivity index (χ0v) is 43.4. The maximum absolute atomic E-state index is 6.84. The standard InChI is InChI=1S/C72H54O5/c1-5-7-41-75-61-35-27-49-43-57(29-25-51(49)45-61)71(65-21-13-9-17-53(65)47-69(73-3)63-19-11-15-23-67(63)71)55-31-37-59(38-32-55)77-60-39-33-56(34-40-60)72(58-30-26-52-46-62(76-42-8-6-2)36-28-50(52)44-58)66-22-14-10-18-54(66)48-70(74-4)64-20-12-16-24-68(64)72/h9-40,43-48H,41-42H2,1-4H3. The van der Waals surface area contributed by atoms with E-state index in [9.17, 15) is 0 Å². The molecule has 2 aliphatic rings. The third-order valence-electron chi connectivity index (χ3n) is 15.2. The fourth-order valence-corrected chi connectivity index (χ4v) is 11.8. The van der Waals surface area contributed by atoms with Crippen LogP contribution in [0.5, 0.6) is 23.0 Å². The Kier molecular flexibility index (Phi) is 12.9. The van der Waals surface area contributed by atoms with Gasteiger partial charge in [-0.3, -0.25) is 0 Å². The van der Waals surface area contributed by atoms with E-state index >= 15 is 0 Å². The summed E-state index contributed by atoms with van der Waals surface area (Å²) < 4.78 is 31.2. The van der Waals surface area contributed by atoms with Crippen LogP contribution in [0.15, 0.2) is 218 Å². The lowest BCUT2D eigenvalue weighted by molar-refractivity contribution is 0.370. The van der Waals surface area contributed by atoms with Crippen molar-refractivity contribution in [1.82, 2.24) is 0 Å². The predicted octanol–water partition coefficient (Wildman–Crippen LogP) is 16.3. The van der Waals surface area contributed by atoms with Gasteiger partial charge in [-0.05, 0) is 164 Å². The Hall–Kier alpha value is -9.68. The second kappa shape index (κ2) is 20.6. The van der Waals surface area contributed by atoms with Gasteiger partial charge in [-0.15, -0.1) is 11.8 Å². The van der Waals surface area contributed by atoms with E-state index in [0.717, 1.165) is 123 Å². The van der Waals surface area contributed by atoms with E-state index in [1.807, 2.05) is 26.0 Å². The molecule has 0 amide bonds. The molecule has 0 spiro atoms. The first-order valence-corrected chi connectivity index (χ1v) is 25.9. The normalized spacial score (nSPS) is 15.9. The Labute approximate surface area is 450 Å². The highest BCUT2D eigenvalue weighted by Gasteiger charge is 2.45. The largest absolute Gasteiger partial charge is 0.496 e. The smallest absolute Gasteiger partial charge is 0.149 e. The average Bonchev–Trinajstić information content (AvgIpc) is 3.85. The number of benzene rings is 10. The molecular weight excluding hydrogens is 945 g/mol.